The average Bonchev–Trinajstić information content (AvgIpc) is 3.00. The molecule has 3 aromatic rings. The Morgan fingerprint density at radius 2 is 1.88 bits per heavy atom. The Balaban J connectivity index is 0.00000243. The van der Waals surface area contributed by atoms with Crippen molar-refractivity contribution in [2.24, 2.45) is 0 Å². The van der Waals surface area contributed by atoms with Crippen LogP contribution in [0, 0.1) is 11.8 Å². The van der Waals surface area contributed by atoms with E-state index >= 15 is 0 Å². The van der Waals surface area contributed by atoms with Gasteiger partial charge in [-0.2, -0.15) is 4.39 Å². The van der Waals surface area contributed by atoms with E-state index in [1.54, 1.807) is 13.1 Å². The molecule has 1 aromatic carbocycles. The van der Waals surface area contributed by atoms with Crippen LogP contribution in [-0.4, -0.2) is 20.4 Å². The van der Waals surface area contributed by atoms with Crippen molar-refractivity contribution in [3.63, 3.8) is 0 Å². The van der Waals surface area contributed by atoms with Crippen molar-refractivity contribution in [3.05, 3.63) is 65.3 Å². The summed E-state index contributed by atoms with van der Waals surface area (Å²) in [6.07, 6.45) is 1.29. The third-order valence-corrected chi connectivity index (χ3v) is 6.92. The molecular weight excluding hydrogens is 402 g/mol. The molecule has 1 N–H and O–H groups in total. The lowest BCUT2D eigenvalue weighted by molar-refractivity contribution is 0.586. The number of pyridine rings is 1. The van der Waals surface area contributed by atoms with Gasteiger partial charge in [-0.05, 0) is 43.4 Å². The Morgan fingerprint density at radius 1 is 1.12 bits per heavy atom. The molecule has 0 radical (unpaired) electrons. The molecule has 0 atom stereocenters. The summed E-state index contributed by atoms with van der Waals surface area (Å²) in [6, 6.07) is 9.39. The number of hydrogen-bond acceptors (Lipinski definition) is 5. The number of benzene rings is 1. The molecule has 0 saturated heterocycles. The summed E-state index contributed by atoms with van der Waals surface area (Å²) >= 11 is 1.03. The molecular formula is C17H15ClF2N2O2S2. The fraction of sp³-hybridized carbons (Fsp3) is 0.118. The van der Waals surface area contributed by atoms with Gasteiger partial charge in [0.25, 0.3) is 0 Å². The number of rotatable bonds is 5. The first-order valence-corrected chi connectivity index (χ1v) is 9.62. The molecule has 3 rings (SSSR count). The second kappa shape index (κ2) is 8.22. The number of sulfone groups is 1. The van der Waals surface area contributed by atoms with Crippen LogP contribution in [0.1, 0.15) is 4.88 Å². The number of thiophene rings is 1. The number of halogens is 3. The summed E-state index contributed by atoms with van der Waals surface area (Å²) in [5.41, 5.74) is 0.321. The second-order valence-corrected chi connectivity index (χ2v) is 8.53. The third kappa shape index (κ3) is 3.93. The molecule has 0 saturated carbocycles. The highest BCUT2D eigenvalue weighted by Crippen LogP contribution is 2.39. The molecule has 9 heteroatoms. The highest BCUT2D eigenvalue weighted by atomic mass is 35.5. The normalized spacial score (nSPS) is 11.2. The van der Waals surface area contributed by atoms with Gasteiger partial charge in [0.1, 0.15) is 10.0 Å². The third-order valence-electron chi connectivity index (χ3n) is 3.50. The summed E-state index contributed by atoms with van der Waals surface area (Å²) in [5.74, 6) is -1.41. The molecule has 0 fully saturated rings. The predicted molar refractivity (Wildman–Crippen MR) is 99.4 cm³/mol. The van der Waals surface area contributed by atoms with Crippen LogP contribution in [0.3, 0.4) is 0 Å². The average molecular weight is 417 g/mol. The van der Waals surface area contributed by atoms with E-state index in [1.807, 2.05) is 0 Å². The van der Waals surface area contributed by atoms with Gasteiger partial charge in [-0.3, -0.25) is 0 Å². The molecule has 26 heavy (non-hydrogen) atoms. The maximum Gasteiger partial charge on any atom is 0.220 e. The summed E-state index contributed by atoms with van der Waals surface area (Å²) < 4.78 is 53.6. The first-order chi connectivity index (χ1) is 11.9. The largest absolute Gasteiger partial charge is 0.315 e. The van der Waals surface area contributed by atoms with Gasteiger partial charge in [0.15, 0.2) is 0 Å². The maximum atomic E-state index is 14.1. The van der Waals surface area contributed by atoms with E-state index < -0.39 is 21.6 Å². The first kappa shape index (κ1) is 20.4. The van der Waals surface area contributed by atoms with Gasteiger partial charge in [-0.15, -0.1) is 23.7 Å². The van der Waals surface area contributed by atoms with E-state index in [0.717, 1.165) is 22.3 Å². The molecule has 0 unspecified atom stereocenters. The minimum atomic E-state index is -4.00. The lowest BCUT2D eigenvalue weighted by Crippen LogP contribution is -2.03. The van der Waals surface area contributed by atoms with Crippen LogP contribution in [0.15, 0.2) is 57.8 Å². The lowest BCUT2D eigenvalue weighted by atomic mass is 10.1. The number of nitrogens with zero attached hydrogens (tertiary/aromatic N) is 1. The van der Waals surface area contributed by atoms with Crippen LogP contribution in [-0.2, 0) is 16.4 Å². The molecule has 4 nitrogen and oxygen atoms in total. The van der Waals surface area contributed by atoms with Crippen LogP contribution >= 0.6 is 23.7 Å². The highest BCUT2D eigenvalue weighted by molar-refractivity contribution is 7.93. The molecule has 2 aromatic heterocycles. The van der Waals surface area contributed by atoms with Gasteiger partial charge in [0, 0.05) is 28.7 Å². The molecule has 138 valence electrons. The molecule has 0 aliphatic carbocycles. The zero-order valence-electron chi connectivity index (χ0n) is 13.6. The van der Waals surface area contributed by atoms with E-state index in [4.69, 9.17) is 0 Å². The van der Waals surface area contributed by atoms with E-state index in [2.05, 4.69) is 10.3 Å². The first-order valence-electron chi connectivity index (χ1n) is 7.32. The molecule has 0 aliphatic rings. The zero-order chi connectivity index (χ0) is 18.0. The van der Waals surface area contributed by atoms with E-state index in [0.29, 0.717) is 6.54 Å². The summed E-state index contributed by atoms with van der Waals surface area (Å²) in [7, 11) is -2.27. The van der Waals surface area contributed by atoms with Crippen molar-refractivity contribution in [3.8, 4) is 11.1 Å². The maximum absolute atomic E-state index is 14.1. The number of nitrogens with one attached hydrogen (secondary N) is 1. The summed E-state index contributed by atoms with van der Waals surface area (Å²) in [6.45, 7) is 0.429. The lowest BCUT2D eigenvalue weighted by Gasteiger charge is -2.06. The van der Waals surface area contributed by atoms with Gasteiger partial charge >= 0.3 is 0 Å². The van der Waals surface area contributed by atoms with Crippen molar-refractivity contribution < 1.29 is 17.2 Å². The number of aromatic nitrogens is 1. The van der Waals surface area contributed by atoms with Crippen molar-refractivity contribution in [1.82, 2.24) is 10.3 Å². The van der Waals surface area contributed by atoms with E-state index in [1.165, 1.54) is 36.5 Å². The topological polar surface area (TPSA) is 59.1 Å². The van der Waals surface area contributed by atoms with Crippen LogP contribution in [0.4, 0.5) is 8.78 Å². The molecule has 0 aliphatic heterocycles. The van der Waals surface area contributed by atoms with Crippen LogP contribution in [0.2, 0.25) is 0 Å². The monoisotopic (exact) mass is 416 g/mol. The minimum Gasteiger partial charge on any atom is -0.315 e. The van der Waals surface area contributed by atoms with Crippen LogP contribution < -0.4 is 5.32 Å². The molecule has 0 amide bonds. The van der Waals surface area contributed by atoms with Gasteiger partial charge in [0.05, 0.1) is 4.90 Å². The Bertz CT molecular complexity index is 1020. The Morgan fingerprint density at radius 3 is 2.54 bits per heavy atom. The van der Waals surface area contributed by atoms with E-state index in [-0.39, 0.29) is 32.6 Å². The SMILES string of the molecule is CNCc1cc(-c2cccnc2F)c(S(=O)(=O)c2cccc(F)c2)s1.Cl. The van der Waals surface area contributed by atoms with Crippen LogP contribution in [0.25, 0.3) is 11.1 Å². The molecule has 2 heterocycles. The predicted octanol–water partition coefficient (Wildman–Crippen LogP) is 4.06. The smallest absolute Gasteiger partial charge is 0.220 e. The second-order valence-electron chi connectivity index (χ2n) is 5.25. The zero-order valence-corrected chi connectivity index (χ0v) is 16.0. The Labute approximate surface area is 160 Å². The molecule has 0 bridgehead atoms. The number of hydrogen-bond donors (Lipinski definition) is 1. The van der Waals surface area contributed by atoms with Crippen molar-refractivity contribution in [2.75, 3.05) is 7.05 Å². The van der Waals surface area contributed by atoms with Crippen molar-refractivity contribution in [1.29, 1.82) is 0 Å². The van der Waals surface area contributed by atoms with E-state index in [9.17, 15) is 17.2 Å². The van der Waals surface area contributed by atoms with Gasteiger partial charge in [-0.25, -0.2) is 17.8 Å². The summed E-state index contributed by atoms with van der Waals surface area (Å²) in [5, 5.41) is 2.94. The van der Waals surface area contributed by atoms with Gasteiger partial charge < -0.3 is 5.32 Å². The van der Waals surface area contributed by atoms with Gasteiger partial charge in [0.2, 0.25) is 15.8 Å². The quantitative estimate of drug-likeness (QED) is 0.637. The van der Waals surface area contributed by atoms with Gasteiger partial charge in [-0.1, -0.05) is 6.07 Å². The Kier molecular flexibility index (Phi) is 6.46. The Hall–Kier alpha value is -1.87. The minimum absolute atomic E-state index is 0. The van der Waals surface area contributed by atoms with Crippen molar-refractivity contribution in [2.45, 2.75) is 15.6 Å². The highest BCUT2D eigenvalue weighted by Gasteiger charge is 2.27. The van der Waals surface area contributed by atoms with Crippen LogP contribution in [0.5, 0.6) is 0 Å². The fourth-order valence-corrected chi connectivity index (χ4v) is 5.56. The molecule has 0 spiro atoms. The fourth-order valence-electron chi connectivity index (χ4n) is 2.40. The van der Waals surface area contributed by atoms with Crippen molar-refractivity contribution >= 4 is 33.6 Å². The summed E-state index contributed by atoms with van der Waals surface area (Å²) in [4.78, 5) is 4.14. The standard InChI is InChI=1S/C17H14F2N2O2S2.ClH/c1-20-10-12-9-15(14-6-3-7-21-16(14)19)17(24-12)25(22,23)13-5-2-4-11(18)8-13;/h2-9,20H,10H2,1H3;1H.